The maximum Gasteiger partial charge on any atom is 0.272 e. The van der Waals surface area contributed by atoms with Gasteiger partial charge in [0.05, 0.1) is 11.0 Å². The van der Waals surface area contributed by atoms with Gasteiger partial charge in [-0.05, 0) is 24.8 Å². The maximum absolute atomic E-state index is 11.8. The number of nitrogens with two attached hydrogens (primary N) is 1. The van der Waals surface area contributed by atoms with Crippen molar-refractivity contribution >= 4 is 11.6 Å². The van der Waals surface area contributed by atoms with Crippen LogP contribution in [-0.2, 0) is 11.3 Å². The lowest BCUT2D eigenvalue weighted by molar-refractivity contribution is -0.385. The van der Waals surface area contributed by atoms with Gasteiger partial charge in [-0.25, -0.2) is 0 Å². The summed E-state index contributed by atoms with van der Waals surface area (Å²) in [7, 11) is 0. The minimum Gasteiger partial charge on any atom is -0.351 e. The molecule has 110 valence electrons. The highest BCUT2D eigenvalue weighted by Crippen LogP contribution is 2.20. The molecule has 0 saturated heterocycles. The lowest BCUT2D eigenvalue weighted by Crippen LogP contribution is -2.41. The number of hydrogen-bond donors (Lipinski definition) is 2. The zero-order valence-electron chi connectivity index (χ0n) is 12.1. The van der Waals surface area contributed by atoms with Crippen LogP contribution in [0.1, 0.15) is 31.4 Å². The van der Waals surface area contributed by atoms with Crippen LogP contribution in [0.15, 0.2) is 18.2 Å². The molecule has 1 atom stereocenters. The molecule has 0 bridgehead atoms. The van der Waals surface area contributed by atoms with E-state index < -0.39 is 11.0 Å². The monoisotopic (exact) mass is 279 g/mol. The van der Waals surface area contributed by atoms with Gasteiger partial charge in [0.15, 0.2) is 0 Å². The standard InChI is InChI=1S/C14H21N3O3/c1-9(2)7-12(15)14(18)16-8-11-5-4-6-13(10(11)3)17(19)20/h4-6,9,12H,7-8,15H2,1-3H3,(H,16,18)/t12-/m0/s1. The maximum atomic E-state index is 11.8. The first-order valence-corrected chi connectivity index (χ1v) is 6.59. The van der Waals surface area contributed by atoms with Crippen LogP contribution in [0, 0.1) is 23.0 Å². The van der Waals surface area contributed by atoms with Crippen molar-refractivity contribution in [3.8, 4) is 0 Å². The molecule has 0 radical (unpaired) electrons. The summed E-state index contributed by atoms with van der Waals surface area (Å²) in [5.74, 6) is 0.111. The first-order valence-electron chi connectivity index (χ1n) is 6.59. The number of carbonyl (C=O) groups excluding carboxylic acids is 1. The summed E-state index contributed by atoms with van der Waals surface area (Å²) in [5, 5.41) is 13.6. The van der Waals surface area contributed by atoms with E-state index in [4.69, 9.17) is 5.73 Å². The highest BCUT2D eigenvalue weighted by atomic mass is 16.6. The molecule has 1 aromatic rings. The fraction of sp³-hybridized carbons (Fsp3) is 0.500. The number of hydrogen-bond acceptors (Lipinski definition) is 4. The number of nitrogens with one attached hydrogen (secondary N) is 1. The van der Waals surface area contributed by atoms with Gasteiger partial charge in [0.25, 0.3) is 5.69 Å². The van der Waals surface area contributed by atoms with Crippen LogP contribution in [0.4, 0.5) is 5.69 Å². The molecule has 0 unspecified atom stereocenters. The lowest BCUT2D eigenvalue weighted by atomic mass is 10.0. The molecule has 0 saturated carbocycles. The molecule has 20 heavy (non-hydrogen) atoms. The Kier molecular flexibility index (Phi) is 5.64. The third kappa shape index (κ3) is 4.31. The van der Waals surface area contributed by atoms with E-state index in [9.17, 15) is 14.9 Å². The van der Waals surface area contributed by atoms with Gasteiger partial charge in [-0.1, -0.05) is 26.0 Å². The number of nitro benzene ring substituents is 1. The largest absolute Gasteiger partial charge is 0.351 e. The average molecular weight is 279 g/mol. The molecule has 0 fully saturated rings. The Hall–Kier alpha value is -1.95. The summed E-state index contributed by atoms with van der Waals surface area (Å²) >= 11 is 0. The van der Waals surface area contributed by atoms with Crippen LogP contribution >= 0.6 is 0 Å². The van der Waals surface area contributed by atoms with Gasteiger partial charge in [-0.15, -0.1) is 0 Å². The molecule has 6 nitrogen and oxygen atoms in total. The van der Waals surface area contributed by atoms with Crippen molar-refractivity contribution < 1.29 is 9.72 Å². The summed E-state index contributed by atoms with van der Waals surface area (Å²) in [6, 6.07) is 4.27. The van der Waals surface area contributed by atoms with Crippen molar-refractivity contribution in [1.82, 2.24) is 5.32 Å². The summed E-state index contributed by atoms with van der Waals surface area (Å²) < 4.78 is 0. The molecule has 3 N–H and O–H groups in total. The molecule has 1 rings (SSSR count). The van der Waals surface area contributed by atoms with E-state index in [2.05, 4.69) is 5.32 Å². The lowest BCUT2D eigenvalue weighted by Gasteiger charge is -2.14. The Morgan fingerprint density at radius 2 is 2.10 bits per heavy atom. The van der Waals surface area contributed by atoms with Crippen molar-refractivity contribution in [2.45, 2.75) is 39.8 Å². The van der Waals surface area contributed by atoms with Crippen LogP contribution in [-0.4, -0.2) is 16.9 Å². The van der Waals surface area contributed by atoms with E-state index >= 15 is 0 Å². The molecule has 0 spiro atoms. The second-order valence-corrected chi connectivity index (χ2v) is 5.27. The summed E-state index contributed by atoms with van der Waals surface area (Å²) in [5.41, 5.74) is 7.13. The zero-order chi connectivity index (χ0) is 15.3. The van der Waals surface area contributed by atoms with Crippen molar-refractivity contribution in [3.63, 3.8) is 0 Å². The normalized spacial score (nSPS) is 12.2. The van der Waals surface area contributed by atoms with E-state index in [-0.39, 0.29) is 18.1 Å². The molecule has 6 heteroatoms. The Labute approximate surface area is 118 Å². The fourth-order valence-corrected chi connectivity index (χ4v) is 1.99. The van der Waals surface area contributed by atoms with Crippen molar-refractivity contribution in [2.24, 2.45) is 11.7 Å². The number of benzene rings is 1. The second kappa shape index (κ2) is 7.00. The average Bonchev–Trinajstić information content (AvgIpc) is 2.35. The Bertz CT molecular complexity index is 500. The van der Waals surface area contributed by atoms with E-state index in [1.165, 1.54) is 6.07 Å². The van der Waals surface area contributed by atoms with Gasteiger partial charge < -0.3 is 11.1 Å². The van der Waals surface area contributed by atoms with Gasteiger partial charge in [-0.3, -0.25) is 14.9 Å². The molecule has 0 heterocycles. The highest BCUT2D eigenvalue weighted by molar-refractivity contribution is 5.81. The van der Waals surface area contributed by atoms with E-state index in [1.807, 2.05) is 13.8 Å². The van der Waals surface area contributed by atoms with Crippen molar-refractivity contribution in [2.75, 3.05) is 0 Å². The molecular weight excluding hydrogens is 258 g/mol. The minimum absolute atomic E-state index is 0.0585. The van der Waals surface area contributed by atoms with E-state index in [1.54, 1.807) is 19.1 Å². The minimum atomic E-state index is -0.547. The summed E-state index contributed by atoms with van der Waals surface area (Å²) in [6.45, 7) is 5.92. The molecule has 1 amide bonds. The second-order valence-electron chi connectivity index (χ2n) is 5.27. The van der Waals surface area contributed by atoms with Crippen LogP contribution in [0.5, 0.6) is 0 Å². The van der Waals surface area contributed by atoms with Crippen LogP contribution < -0.4 is 11.1 Å². The smallest absolute Gasteiger partial charge is 0.272 e. The predicted molar refractivity (Wildman–Crippen MR) is 77.1 cm³/mol. The van der Waals surface area contributed by atoms with Crippen LogP contribution in [0.2, 0.25) is 0 Å². The van der Waals surface area contributed by atoms with Crippen LogP contribution in [0.3, 0.4) is 0 Å². The fourth-order valence-electron chi connectivity index (χ4n) is 1.99. The molecular formula is C14H21N3O3. The third-order valence-electron chi connectivity index (χ3n) is 3.13. The molecule has 0 aliphatic rings. The van der Waals surface area contributed by atoms with Gasteiger partial charge in [0, 0.05) is 18.2 Å². The Morgan fingerprint density at radius 1 is 1.45 bits per heavy atom. The molecule has 0 aromatic heterocycles. The number of carbonyl (C=O) groups is 1. The number of rotatable bonds is 6. The van der Waals surface area contributed by atoms with Gasteiger partial charge in [-0.2, -0.15) is 0 Å². The molecule has 0 aliphatic heterocycles. The van der Waals surface area contributed by atoms with Crippen molar-refractivity contribution in [3.05, 3.63) is 39.4 Å². The Morgan fingerprint density at radius 3 is 2.65 bits per heavy atom. The topological polar surface area (TPSA) is 98.3 Å². The molecule has 0 aliphatic carbocycles. The zero-order valence-corrected chi connectivity index (χ0v) is 12.1. The number of nitrogens with zero attached hydrogens (tertiary/aromatic N) is 1. The quantitative estimate of drug-likeness (QED) is 0.613. The van der Waals surface area contributed by atoms with Gasteiger partial charge in [0.2, 0.25) is 5.91 Å². The summed E-state index contributed by atoms with van der Waals surface area (Å²) in [4.78, 5) is 22.2. The van der Waals surface area contributed by atoms with Crippen LogP contribution in [0.25, 0.3) is 0 Å². The third-order valence-corrected chi connectivity index (χ3v) is 3.13. The first-order chi connectivity index (χ1) is 9.32. The SMILES string of the molecule is Cc1c(CNC(=O)[C@@H](N)CC(C)C)cccc1[N+](=O)[O-]. The number of nitro groups is 1. The van der Waals surface area contributed by atoms with Gasteiger partial charge >= 0.3 is 0 Å². The van der Waals surface area contributed by atoms with Gasteiger partial charge in [0.1, 0.15) is 0 Å². The first kappa shape index (κ1) is 16.1. The molecule has 1 aromatic carbocycles. The highest BCUT2D eigenvalue weighted by Gasteiger charge is 2.17. The van der Waals surface area contributed by atoms with E-state index in [0.29, 0.717) is 17.9 Å². The number of amides is 1. The van der Waals surface area contributed by atoms with Crippen molar-refractivity contribution in [1.29, 1.82) is 0 Å². The summed E-state index contributed by atoms with van der Waals surface area (Å²) in [6.07, 6.45) is 0.611. The van der Waals surface area contributed by atoms with E-state index in [0.717, 1.165) is 5.56 Å². The predicted octanol–water partition coefficient (Wildman–Crippen LogP) is 1.89. The Balaban J connectivity index is 2.69.